The molecule has 0 spiro atoms. The van der Waals surface area contributed by atoms with E-state index in [0.717, 1.165) is 46.1 Å². The molecule has 25 heavy (non-hydrogen) atoms. The lowest BCUT2D eigenvalue weighted by molar-refractivity contribution is 0.146. The van der Waals surface area contributed by atoms with Crippen LogP contribution >= 0.6 is 11.6 Å². The third-order valence-corrected chi connectivity index (χ3v) is 4.58. The summed E-state index contributed by atoms with van der Waals surface area (Å²) >= 11 is 6.19. The summed E-state index contributed by atoms with van der Waals surface area (Å²) in [7, 11) is 1.66. The first-order chi connectivity index (χ1) is 12.3. The zero-order chi connectivity index (χ0) is 17.2. The van der Waals surface area contributed by atoms with Crippen molar-refractivity contribution in [3.8, 4) is 5.75 Å². The van der Waals surface area contributed by atoms with E-state index in [1.54, 1.807) is 13.4 Å². The van der Waals surface area contributed by atoms with E-state index in [9.17, 15) is 0 Å². The highest BCUT2D eigenvalue weighted by molar-refractivity contribution is 6.31. The minimum atomic E-state index is 0.512. The predicted octanol–water partition coefficient (Wildman–Crippen LogP) is 4.00. The number of nitrogens with zero attached hydrogens (tertiary/aromatic N) is 3. The van der Waals surface area contributed by atoms with Gasteiger partial charge in [-0.05, 0) is 36.2 Å². The van der Waals surface area contributed by atoms with Crippen molar-refractivity contribution >= 4 is 34.0 Å². The van der Waals surface area contributed by atoms with Gasteiger partial charge in [-0.3, -0.25) is 0 Å². The van der Waals surface area contributed by atoms with Crippen LogP contribution in [0, 0.1) is 0 Å². The summed E-state index contributed by atoms with van der Waals surface area (Å²) in [6, 6.07) is 11.9. The molecule has 4 rings (SSSR count). The molecule has 0 N–H and O–H groups in total. The number of hydrogen-bond donors (Lipinski definition) is 0. The van der Waals surface area contributed by atoms with Crippen LogP contribution in [-0.4, -0.2) is 36.8 Å². The van der Waals surface area contributed by atoms with Crippen molar-refractivity contribution < 1.29 is 9.47 Å². The van der Waals surface area contributed by atoms with Gasteiger partial charge in [0, 0.05) is 35.8 Å². The highest BCUT2D eigenvalue weighted by Gasteiger charge is 2.23. The summed E-state index contributed by atoms with van der Waals surface area (Å²) in [4.78, 5) is 11.1. The van der Waals surface area contributed by atoms with Gasteiger partial charge in [-0.15, -0.1) is 0 Å². The Labute approximate surface area is 151 Å². The second kappa shape index (κ2) is 6.86. The van der Waals surface area contributed by atoms with Crippen molar-refractivity contribution in [1.29, 1.82) is 0 Å². The molecule has 128 valence electrons. The Hall–Kier alpha value is -2.37. The molecule has 2 aromatic carbocycles. The Morgan fingerprint density at radius 3 is 2.92 bits per heavy atom. The van der Waals surface area contributed by atoms with Gasteiger partial charge in [-0.1, -0.05) is 17.7 Å². The number of methoxy groups -OCH3 is 1. The topological polar surface area (TPSA) is 47.5 Å². The Morgan fingerprint density at radius 1 is 1.12 bits per heavy atom. The second-order valence-corrected chi connectivity index (χ2v) is 6.33. The molecule has 1 aliphatic heterocycles. The molecule has 0 bridgehead atoms. The van der Waals surface area contributed by atoms with E-state index in [1.807, 2.05) is 30.3 Å². The van der Waals surface area contributed by atoms with Gasteiger partial charge in [0.15, 0.2) is 0 Å². The largest absolute Gasteiger partial charge is 0.491 e. The molecule has 5 nitrogen and oxygen atoms in total. The fourth-order valence-corrected chi connectivity index (χ4v) is 3.31. The van der Waals surface area contributed by atoms with Crippen molar-refractivity contribution in [2.45, 2.75) is 6.42 Å². The van der Waals surface area contributed by atoms with Crippen molar-refractivity contribution in [2.24, 2.45) is 0 Å². The molecular weight excluding hydrogens is 338 g/mol. The molecule has 6 heteroatoms. The van der Waals surface area contributed by atoms with E-state index in [1.165, 1.54) is 5.56 Å². The van der Waals surface area contributed by atoms with Gasteiger partial charge in [-0.2, -0.15) is 0 Å². The Bertz CT molecular complexity index is 916. The molecule has 1 aliphatic rings. The Kier molecular flexibility index (Phi) is 4.42. The number of rotatable bonds is 5. The van der Waals surface area contributed by atoms with Crippen LogP contribution in [0.15, 0.2) is 42.7 Å². The van der Waals surface area contributed by atoms with Crippen LogP contribution in [-0.2, 0) is 11.2 Å². The molecule has 0 saturated carbocycles. The molecule has 0 saturated heterocycles. The van der Waals surface area contributed by atoms with Crippen LogP contribution in [0.2, 0.25) is 5.02 Å². The lowest BCUT2D eigenvalue weighted by atomic mass is 10.1. The standard InChI is InChI=1S/C19H18ClN3O2/c1-24-8-9-25-15-4-5-16-17(11-15)21-12-22-19(16)23-7-6-13-2-3-14(20)10-18(13)23/h2-5,10-12H,6-9H2,1H3. The first-order valence-corrected chi connectivity index (χ1v) is 8.56. The summed E-state index contributed by atoms with van der Waals surface area (Å²) in [5.41, 5.74) is 3.26. The van der Waals surface area contributed by atoms with E-state index in [2.05, 4.69) is 20.9 Å². The van der Waals surface area contributed by atoms with Gasteiger partial charge in [0.1, 0.15) is 24.5 Å². The molecule has 0 radical (unpaired) electrons. The molecule has 0 unspecified atom stereocenters. The Balaban J connectivity index is 1.71. The van der Waals surface area contributed by atoms with Crippen LogP contribution in [0.5, 0.6) is 5.75 Å². The number of fused-ring (bicyclic) bond motifs is 2. The van der Waals surface area contributed by atoms with Crippen LogP contribution in [0.3, 0.4) is 0 Å². The van der Waals surface area contributed by atoms with Crippen LogP contribution in [0.4, 0.5) is 11.5 Å². The lowest BCUT2D eigenvalue weighted by Gasteiger charge is -2.20. The summed E-state index contributed by atoms with van der Waals surface area (Å²) in [6.07, 6.45) is 2.58. The summed E-state index contributed by atoms with van der Waals surface area (Å²) in [5.74, 6) is 1.67. The third-order valence-electron chi connectivity index (χ3n) is 4.34. The summed E-state index contributed by atoms with van der Waals surface area (Å²) in [6.45, 7) is 1.95. The maximum Gasteiger partial charge on any atom is 0.144 e. The predicted molar refractivity (Wildman–Crippen MR) is 99.1 cm³/mol. The summed E-state index contributed by atoms with van der Waals surface area (Å²) < 4.78 is 10.7. The quantitative estimate of drug-likeness (QED) is 0.647. The normalized spacial score (nSPS) is 13.3. The van der Waals surface area contributed by atoms with E-state index >= 15 is 0 Å². The molecule has 0 atom stereocenters. The van der Waals surface area contributed by atoms with Gasteiger partial charge in [-0.25, -0.2) is 9.97 Å². The number of ether oxygens (including phenoxy) is 2. The van der Waals surface area contributed by atoms with Crippen molar-refractivity contribution in [2.75, 3.05) is 31.8 Å². The number of benzene rings is 2. The zero-order valence-corrected chi connectivity index (χ0v) is 14.7. The average molecular weight is 356 g/mol. The van der Waals surface area contributed by atoms with Crippen LogP contribution in [0.1, 0.15) is 5.56 Å². The number of anilines is 2. The maximum atomic E-state index is 6.19. The van der Waals surface area contributed by atoms with Gasteiger partial charge in [0.2, 0.25) is 0 Å². The van der Waals surface area contributed by atoms with E-state index in [4.69, 9.17) is 21.1 Å². The van der Waals surface area contributed by atoms with Gasteiger partial charge >= 0.3 is 0 Å². The Morgan fingerprint density at radius 2 is 2.04 bits per heavy atom. The van der Waals surface area contributed by atoms with E-state index in [0.29, 0.717) is 13.2 Å². The molecule has 0 fully saturated rings. The van der Waals surface area contributed by atoms with Crippen molar-refractivity contribution in [1.82, 2.24) is 9.97 Å². The van der Waals surface area contributed by atoms with Gasteiger partial charge in [0.05, 0.1) is 12.1 Å². The van der Waals surface area contributed by atoms with E-state index < -0.39 is 0 Å². The highest BCUT2D eigenvalue weighted by Crippen LogP contribution is 2.38. The third kappa shape index (κ3) is 3.13. The van der Waals surface area contributed by atoms with Crippen LogP contribution in [0.25, 0.3) is 10.9 Å². The molecular formula is C19H18ClN3O2. The average Bonchev–Trinajstić information content (AvgIpc) is 3.04. The first kappa shape index (κ1) is 16.1. The van der Waals surface area contributed by atoms with Crippen molar-refractivity contribution in [3.05, 3.63) is 53.3 Å². The molecule has 3 aromatic rings. The first-order valence-electron chi connectivity index (χ1n) is 8.19. The SMILES string of the molecule is COCCOc1ccc2c(N3CCc4ccc(Cl)cc43)ncnc2c1. The van der Waals surface area contributed by atoms with Crippen LogP contribution < -0.4 is 9.64 Å². The van der Waals surface area contributed by atoms with Gasteiger partial charge in [0.25, 0.3) is 0 Å². The van der Waals surface area contributed by atoms with Crippen molar-refractivity contribution in [3.63, 3.8) is 0 Å². The zero-order valence-electron chi connectivity index (χ0n) is 13.9. The number of aromatic nitrogens is 2. The molecule has 0 aliphatic carbocycles. The minimum Gasteiger partial charge on any atom is -0.491 e. The molecule has 0 amide bonds. The number of hydrogen-bond acceptors (Lipinski definition) is 5. The maximum absolute atomic E-state index is 6.19. The number of halogens is 1. The second-order valence-electron chi connectivity index (χ2n) is 5.89. The molecule has 1 aromatic heterocycles. The fourth-order valence-electron chi connectivity index (χ4n) is 3.14. The van der Waals surface area contributed by atoms with E-state index in [-0.39, 0.29) is 0 Å². The monoisotopic (exact) mass is 355 g/mol. The molecule has 2 heterocycles. The lowest BCUT2D eigenvalue weighted by Crippen LogP contribution is -2.15. The minimum absolute atomic E-state index is 0.512. The fraction of sp³-hybridized carbons (Fsp3) is 0.263. The highest BCUT2D eigenvalue weighted by atomic mass is 35.5. The smallest absolute Gasteiger partial charge is 0.144 e. The van der Waals surface area contributed by atoms with Gasteiger partial charge < -0.3 is 14.4 Å². The summed E-state index contributed by atoms with van der Waals surface area (Å²) in [5, 5.41) is 1.73.